The Morgan fingerprint density at radius 3 is 2.73 bits per heavy atom. The van der Waals surface area contributed by atoms with Gasteiger partial charge in [0.2, 0.25) is 0 Å². The average molecular weight is 595 g/mol. The number of pyridine rings is 1. The fourth-order valence-electron chi connectivity index (χ4n) is 5.94. The van der Waals surface area contributed by atoms with Crippen LogP contribution in [-0.4, -0.2) is 58.3 Å². The van der Waals surface area contributed by atoms with Gasteiger partial charge in [-0.1, -0.05) is 23.7 Å². The molecular formula is C30H31ClN4O5S. The number of piperidine rings is 1. The monoisotopic (exact) mass is 594 g/mol. The molecule has 4 aromatic rings. The Morgan fingerprint density at radius 1 is 1.20 bits per heavy atom. The number of fused-ring (bicyclic) bond motifs is 2. The summed E-state index contributed by atoms with van der Waals surface area (Å²) in [5.74, 6) is 1.61. The number of methoxy groups -OCH3 is 1. The molecule has 214 valence electrons. The molecular weight excluding hydrogens is 564 g/mol. The van der Waals surface area contributed by atoms with Gasteiger partial charge in [-0.2, -0.15) is 0 Å². The number of para-hydroxylation sites is 1. The maximum atomic E-state index is 12.1. The van der Waals surface area contributed by atoms with Crippen LogP contribution in [0.4, 0.5) is 0 Å². The van der Waals surface area contributed by atoms with E-state index in [-0.39, 0.29) is 12.1 Å². The zero-order valence-electron chi connectivity index (χ0n) is 23.0. The molecule has 6 heterocycles. The summed E-state index contributed by atoms with van der Waals surface area (Å²) < 4.78 is 25.6. The van der Waals surface area contributed by atoms with Crippen molar-refractivity contribution in [3.63, 3.8) is 0 Å². The molecule has 41 heavy (non-hydrogen) atoms. The van der Waals surface area contributed by atoms with Crippen molar-refractivity contribution in [2.75, 3.05) is 26.8 Å². The molecule has 0 radical (unpaired) electrons. The van der Waals surface area contributed by atoms with Crippen LogP contribution in [-0.2, 0) is 28.4 Å². The zero-order valence-corrected chi connectivity index (χ0v) is 24.5. The quantitative estimate of drug-likeness (QED) is 0.250. The summed E-state index contributed by atoms with van der Waals surface area (Å²) in [5.41, 5.74) is 2.84. The Balaban J connectivity index is 1.06. The number of aromatic nitrogens is 3. The molecule has 2 saturated heterocycles. The summed E-state index contributed by atoms with van der Waals surface area (Å²) in [6.07, 6.45) is 4.85. The van der Waals surface area contributed by atoms with Gasteiger partial charge in [0.05, 0.1) is 36.8 Å². The van der Waals surface area contributed by atoms with E-state index in [4.69, 9.17) is 35.5 Å². The highest BCUT2D eigenvalue weighted by molar-refractivity contribution is 7.20. The Morgan fingerprint density at radius 2 is 2.02 bits per heavy atom. The Kier molecular flexibility index (Phi) is 6.89. The average Bonchev–Trinajstić information content (AvgIpc) is 3.62. The number of benzene rings is 1. The van der Waals surface area contributed by atoms with Gasteiger partial charge in [0.1, 0.15) is 21.2 Å². The molecule has 1 unspecified atom stereocenters. The lowest BCUT2D eigenvalue weighted by Gasteiger charge is -2.33. The first kappa shape index (κ1) is 26.7. The molecule has 3 aliphatic rings. The number of nitrogens with zero attached hydrogens (tertiary/aromatic N) is 4. The molecule has 0 saturated carbocycles. The van der Waals surface area contributed by atoms with Crippen molar-refractivity contribution < 1.29 is 23.7 Å². The van der Waals surface area contributed by atoms with Crippen LogP contribution in [0, 0.1) is 0 Å². The Labute approximate surface area is 246 Å². The number of esters is 1. The molecule has 0 bridgehead atoms. The predicted molar refractivity (Wildman–Crippen MR) is 155 cm³/mol. The number of carbonyl (C=O) groups is 1. The van der Waals surface area contributed by atoms with Crippen molar-refractivity contribution >= 4 is 39.3 Å². The van der Waals surface area contributed by atoms with Gasteiger partial charge in [0.15, 0.2) is 11.5 Å². The molecule has 0 aliphatic carbocycles. The van der Waals surface area contributed by atoms with Gasteiger partial charge in [-0.25, -0.2) is 9.78 Å². The summed E-state index contributed by atoms with van der Waals surface area (Å²) >= 11 is 7.43. The van der Waals surface area contributed by atoms with E-state index in [9.17, 15) is 4.79 Å². The SMILES string of the molecule is COC(=O)c1cc2c(nc(CN3CCC(c4cccc5c4OC(C)(c4ccc(Cl)cn4)O5)CC3)n2C[C@@H]2CCO2)s1. The van der Waals surface area contributed by atoms with Crippen LogP contribution in [0.2, 0.25) is 5.02 Å². The number of carbonyl (C=O) groups excluding carboxylic acids is 1. The number of rotatable bonds is 7. The van der Waals surface area contributed by atoms with E-state index < -0.39 is 5.79 Å². The highest BCUT2D eigenvalue weighted by atomic mass is 35.5. The van der Waals surface area contributed by atoms with E-state index in [2.05, 4.69) is 20.5 Å². The first-order valence-electron chi connectivity index (χ1n) is 13.9. The van der Waals surface area contributed by atoms with Gasteiger partial charge < -0.3 is 23.5 Å². The first-order valence-corrected chi connectivity index (χ1v) is 15.1. The number of likely N-dealkylation sites (tertiary alicyclic amines) is 1. The first-order chi connectivity index (χ1) is 19.9. The molecule has 9 nitrogen and oxygen atoms in total. The maximum Gasteiger partial charge on any atom is 0.348 e. The van der Waals surface area contributed by atoms with Gasteiger partial charge in [-0.05, 0) is 62.5 Å². The van der Waals surface area contributed by atoms with Crippen LogP contribution in [0.15, 0.2) is 42.6 Å². The number of thiophene rings is 1. The summed E-state index contributed by atoms with van der Waals surface area (Å²) in [6.45, 7) is 6.08. The van der Waals surface area contributed by atoms with Crippen molar-refractivity contribution in [1.29, 1.82) is 0 Å². The second-order valence-electron chi connectivity index (χ2n) is 10.9. The van der Waals surface area contributed by atoms with Gasteiger partial charge in [-0.15, -0.1) is 11.3 Å². The van der Waals surface area contributed by atoms with E-state index >= 15 is 0 Å². The van der Waals surface area contributed by atoms with Gasteiger partial charge in [0.25, 0.3) is 5.79 Å². The van der Waals surface area contributed by atoms with Crippen LogP contribution in [0.3, 0.4) is 0 Å². The number of hydrogen-bond acceptors (Lipinski definition) is 9. The van der Waals surface area contributed by atoms with E-state index in [1.165, 1.54) is 24.0 Å². The topological polar surface area (TPSA) is 87.9 Å². The van der Waals surface area contributed by atoms with Gasteiger partial charge in [-0.3, -0.25) is 9.88 Å². The lowest BCUT2D eigenvalue weighted by molar-refractivity contribution is -0.0722. The minimum absolute atomic E-state index is 0.189. The van der Waals surface area contributed by atoms with Gasteiger partial charge >= 0.3 is 5.97 Å². The molecule has 0 spiro atoms. The molecule has 7 rings (SSSR count). The largest absolute Gasteiger partial charge is 0.465 e. The fraction of sp³-hybridized carbons (Fsp3) is 0.433. The molecule has 2 atom stereocenters. The second kappa shape index (κ2) is 10.6. The van der Waals surface area contributed by atoms with E-state index in [1.807, 2.05) is 31.2 Å². The van der Waals surface area contributed by atoms with Crippen molar-refractivity contribution in [2.45, 2.75) is 57.1 Å². The van der Waals surface area contributed by atoms with Crippen LogP contribution >= 0.6 is 22.9 Å². The molecule has 3 aliphatic heterocycles. The number of halogens is 1. The third kappa shape index (κ3) is 4.97. The molecule has 1 aromatic carbocycles. The summed E-state index contributed by atoms with van der Waals surface area (Å²) in [5, 5.41) is 0.574. The van der Waals surface area contributed by atoms with E-state index in [0.29, 0.717) is 21.5 Å². The smallest absolute Gasteiger partial charge is 0.348 e. The van der Waals surface area contributed by atoms with Crippen molar-refractivity contribution in [2.24, 2.45) is 0 Å². The number of imidazole rings is 1. The maximum absolute atomic E-state index is 12.1. The molecule has 11 heteroatoms. The van der Waals surface area contributed by atoms with E-state index in [1.54, 1.807) is 12.3 Å². The van der Waals surface area contributed by atoms with E-state index in [0.717, 1.165) is 79.7 Å². The lowest BCUT2D eigenvalue weighted by Crippen LogP contribution is -2.35. The molecule has 3 aromatic heterocycles. The predicted octanol–water partition coefficient (Wildman–Crippen LogP) is 5.75. The fourth-order valence-corrected chi connectivity index (χ4v) is 7.02. The van der Waals surface area contributed by atoms with Crippen molar-refractivity contribution in [1.82, 2.24) is 19.4 Å². The lowest BCUT2D eigenvalue weighted by atomic mass is 9.88. The van der Waals surface area contributed by atoms with Crippen LogP contribution < -0.4 is 9.47 Å². The number of ether oxygens (including phenoxy) is 4. The van der Waals surface area contributed by atoms with Crippen LogP contribution in [0.25, 0.3) is 10.3 Å². The molecule has 2 fully saturated rings. The minimum atomic E-state index is -0.994. The summed E-state index contributed by atoms with van der Waals surface area (Å²) in [7, 11) is 1.41. The normalized spacial score (nSPS) is 22.7. The molecule has 0 N–H and O–H groups in total. The van der Waals surface area contributed by atoms with Crippen LogP contribution in [0.5, 0.6) is 11.5 Å². The molecule has 0 amide bonds. The van der Waals surface area contributed by atoms with Crippen LogP contribution in [0.1, 0.15) is 58.9 Å². The standard InChI is InChI=1S/C30H31ClN4O5S/c1-30(25-7-6-19(31)15-32-25)39-23-5-3-4-21(27(23)40-30)18-8-11-34(12-9-18)17-26-33-28-22(14-24(41-28)29(36)37-2)35(26)16-20-10-13-38-20/h3-7,14-15,18,20H,8-13,16-17H2,1-2H3/t20-,30?/m0/s1. The highest BCUT2D eigenvalue weighted by Crippen LogP contribution is 2.49. The minimum Gasteiger partial charge on any atom is -0.465 e. The van der Waals surface area contributed by atoms with Crippen molar-refractivity contribution in [3.8, 4) is 11.5 Å². The summed E-state index contributed by atoms with van der Waals surface area (Å²) in [6, 6.07) is 11.7. The van der Waals surface area contributed by atoms with Gasteiger partial charge in [0, 0.05) is 25.3 Å². The highest BCUT2D eigenvalue weighted by Gasteiger charge is 2.42. The third-order valence-corrected chi connectivity index (χ3v) is 9.51. The third-order valence-electron chi connectivity index (χ3n) is 8.29. The number of hydrogen-bond donors (Lipinski definition) is 0. The summed E-state index contributed by atoms with van der Waals surface area (Å²) in [4.78, 5) is 25.4. The van der Waals surface area contributed by atoms with Crippen molar-refractivity contribution in [3.05, 3.63) is 69.6 Å². The second-order valence-corrected chi connectivity index (χ2v) is 12.4. The Bertz CT molecular complexity index is 1590. The zero-order chi connectivity index (χ0) is 28.1. The Hall–Kier alpha value is -3.18.